The Labute approximate surface area is 123 Å². The second-order valence-corrected chi connectivity index (χ2v) is 2.76. The van der Waals surface area contributed by atoms with Gasteiger partial charge in [0.15, 0.2) is 0 Å². The van der Waals surface area contributed by atoms with E-state index in [-0.39, 0.29) is 0 Å². The molecule has 0 fully saturated rings. The number of allylic oxidation sites excluding steroid dienone is 5. The van der Waals surface area contributed by atoms with E-state index >= 15 is 0 Å². The molecule has 0 bridgehead atoms. The average Bonchev–Trinajstić information content (AvgIpc) is 2.50. The van der Waals surface area contributed by atoms with Gasteiger partial charge in [0.2, 0.25) is 0 Å². The number of hydrogen-bond donors (Lipinski definition) is 0. The molecule has 0 aromatic carbocycles. The number of aliphatic imine (C=N–C) groups is 1. The van der Waals surface area contributed by atoms with Crippen LogP contribution in [0.3, 0.4) is 0 Å². The Kier molecular flexibility index (Phi) is 42.0. The first-order chi connectivity index (χ1) is 9.26. The number of nitrogens with zero attached hydrogens (tertiary/aromatic N) is 1. The predicted molar refractivity (Wildman–Crippen MR) is 95.2 cm³/mol. The van der Waals surface area contributed by atoms with Crippen molar-refractivity contribution < 1.29 is 0 Å². The fraction of sp³-hybridized carbons (Fsp3) is 0.611. The molecule has 114 valence electrons. The fourth-order valence-corrected chi connectivity index (χ4v) is 0.997. The molecule has 19 heavy (non-hydrogen) atoms. The second-order valence-electron chi connectivity index (χ2n) is 2.76. The standard InChI is InChI=1S/C12H19N.3C2H6/c1-5-8-12(9-6-2)11(4)13-10-7-3;3*1-2/h5,7-10H,6H2,1-4H3;3*1-2H3/b8-5-,10-7-,12-9+,13-11+;;;. The van der Waals surface area contributed by atoms with E-state index < -0.39 is 0 Å². The van der Waals surface area contributed by atoms with Gasteiger partial charge in [0.25, 0.3) is 0 Å². The Bertz CT molecular complexity index is 242. The monoisotopic (exact) mass is 267 g/mol. The van der Waals surface area contributed by atoms with Gasteiger partial charge < -0.3 is 0 Å². The highest BCUT2D eigenvalue weighted by Gasteiger charge is 1.93. The molecule has 0 rings (SSSR count). The first-order valence-electron chi connectivity index (χ1n) is 7.75. The van der Waals surface area contributed by atoms with E-state index in [0.717, 1.165) is 12.1 Å². The summed E-state index contributed by atoms with van der Waals surface area (Å²) in [5.74, 6) is 0. The molecule has 0 aliphatic rings. The van der Waals surface area contributed by atoms with Crippen molar-refractivity contribution in [3.63, 3.8) is 0 Å². The summed E-state index contributed by atoms with van der Waals surface area (Å²) in [7, 11) is 0. The molecule has 0 atom stereocenters. The zero-order valence-electron chi connectivity index (χ0n) is 15.0. The number of rotatable bonds is 4. The Balaban J connectivity index is -0.000000163. The van der Waals surface area contributed by atoms with Gasteiger partial charge in [0, 0.05) is 11.9 Å². The highest BCUT2D eigenvalue weighted by molar-refractivity contribution is 6.00. The molecule has 1 nitrogen and oxygen atoms in total. The van der Waals surface area contributed by atoms with Crippen LogP contribution in [0.4, 0.5) is 0 Å². The molecule has 0 aliphatic carbocycles. The van der Waals surface area contributed by atoms with E-state index in [1.54, 1.807) is 0 Å². The summed E-state index contributed by atoms with van der Waals surface area (Å²) < 4.78 is 0. The first-order valence-corrected chi connectivity index (χ1v) is 7.75. The van der Waals surface area contributed by atoms with Gasteiger partial charge in [0.1, 0.15) is 0 Å². The van der Waals surface area contributed by atoms with Crippen molar-refractivity contribution in [1.29, 1.82) is 0 Å². The van der Waals surface area contributed by atoms with Gasteiger partial charge in [0.05, 0.1) is 0 Å². The molecule has 0 heterocycles. The Hall–Kier alpha value is -1.11. The summed E-state index contributed by atoms with van der Waals surface area (Å²) in [5, 5.41) is 0. The molecule has 0 saturated carbocycles. The van der Waals surface area contributed by atoms with Gasteiger partial charge in [-0.25, -0.2) is 0 Å². The molecule has 0 aliphatic heterocycles. The SMILES string of the molecule is CC.CC.CC.C\C=C/N=C(C)/C(/C=C\C)=C/CC. The summed E-state index contributed by atoms with van der Waals surface area (Å²) in [6, 6.07) is 0. The predicted octanol–water partition coefficient (Wildman–Crippen LogP) is 6.97. The van der Waals surface area contributed by atoms with Crippen molar-refractivity contribution in [3.8, 4) is 0 Å². The van der Waals surface area contributed by atoms with Crippen LogP contribution in [0, 0.1) is 0 Å². The maximum Gasteiger partial charge on any atom is 0.0441 e. The van der Waals surface area contributed by atoms with Gasteiger partial charge in [-0.3, -0.25) is 4.99 Å². The minimum atomic E-state index is 1.04. The maximum atomic E-state index is 4.30. The summed E-state index contributed by atoms with van der Waals surface area (Å²) in [6.45, 7) is 20.1. The normalized spacial score (nSPS) is 11.1. The topological polar surface area (TPSA) is 12.4 Å². The van der Waals surface area contributed by atoms with Gasteiger partial charge >= 0.3 is 0 Å². The van der Waals surface area contributed by atoms with Crippen molar-refractivity contribution in [1.82, 2.24) is 0 Å². The van der Waals surface area contributed by atoms with E-state index in [1.165, 1.54) is 5.57 Å². The van der Waals surface area contributed by atoms with Gasteiger partial charge in [-0.1, -0.05) is 72.8 Å². The van der Waals surface area contributed by atoms with Crippen molar-refractivity contribution >= 4 is 5.71 Å². The minimum absolute atomic E-state index is 1.04. The maximum absolute atomic E-state index is 4.30. The van der Waals surface area contributed by atoms with Crippen LogP contribution in [-0.4, -0.2) is 5.71 Å². The molecule has 0 radical (unpaired) electrons. The molecule has 0 unspecified atom stereocenters. The smallest absolute Gasteiger partial charge is 0.0441 e. The zero-order valence-corrected chi connectivity index (χ0v) is 15.0. The van der Waals surface area contributed by atoms with Crippen LogP contribution < -0.4 is 0 Å². The largest absolute Gasteiger partial charge is 0.261 e. The lowest BCUT2D eigenvalue weighted by Crippen LogP contribution is -1.93. The Morgan fingerprint density at radius 3 is 1.68 bits per heavy atom. The lowest BCUT2D eigenvalue weighted by atomic mass is 10.1. The first kappa shape index (κ1) is 26.5. The number of hydrogen-bond acceptors (Lipinski definition) is 1. The summed E-state index contributed by atoms with van der Waals surface area (Å²) in [6.07, 6.45) is 11.1. The highest BCUT2D eigenvalue weighted by atomic mass is 14.7. The fourth-order valence-electron chi connectivity index (χ4n) is 0.997. The van der Waals surface area contributed by atoms with Crippen LogP contribution >= 0.6 is 0 Å². The van der Waals surface area contributed by atoms with E-state index in [1.807, 2.05) is 80.7 Å². The van der Waals surface area contributed by atoms with Crippen molar-refractivity contribution in [2.75, 3.05) is 0 Å². The quantitative estimate of drug-likeness (QED) is 0.385. The van der Waals surface area contributed by atoms with Gasteiger partial charge in [-0.15, -0.1) is 0 Å². The van der Waals surface area contributed by atoms with Crippen LogP contribution in [0.5, 0.6) is 0 Å². The third-order valence-electron chi connectivity index (χ3n) is 1.61. The summed E-state index contributed by atoms with van der Waals surface area (Å²) >= 11 is 0. The van der Waals surface area contributed by atoms with Crippen LogP contribution in [-0.2, 0) is 0 Å². The molecule has 0 aromatic heterocycles. The van der Waals surface area contributed by atoms with Crippen LogP contribution in [0.25, 0.3) is 0 Å². The van der Waals surface area contributed by atoms with Gasteiger partial charge in [-0.05, 0) is 32.8 Å². The third kappa shape index (κ3) is 22.5. The van der Waals surface area contributed by atoms with Crippen LogP contribution in [0.1, 0.15) is 75.7 Å². The van der Waals surface area contributed by atoms with E-state index in [0.29, 0.717) is 0 Å². The summed E-state index contributed by atoms with van der Waals surface area (Å²) in [4.78, 5) is 4.30. The highest BCUT2D eigenvalue weighted by Crippen LogP contribution is 2.03. The van der Waals surface area contributed by atoms with Crippen molar-refractivity contribution in [2.24, 2.45) is 4.99 Å². The zero-order chi connectivity index (χ0) is 16.1. The molecular weight excluding hydrogens is 230 g/mol. The lowest BCUT2D eigenvalue weighted by Gasteiger charge is -1.99. The van der Waals surface area contributed by atoms with Crippen LogP contribution in [0.2, 0.25) is 0 Å². The molecule has 1 heteroatoms. The molecular formula is C18H37N. The third-order valence-corrected chi connectivity index (χ3v) is 1.61. The van der Waals surface area contributed by atoms with E-state index in [4.69, 9.17) is 0 Å². The Morgan fingerprint density at radius 1 is 0.895 bits per heavy atom. The van der Waals surface area contributed by atoms with E-state index in [9.17, 15) is 0 Å². The minimum Gasteiger partial charge on any atom is -0.261 e. The molecule has 0 amide bonds. The molecule has 0 aromatic rings. The summed E-state index contributed by atoms with van der Waals surface area (Å²) in [5.41, 5.74) is 2.28. The van der Waals surface area contributed by atoms with Gasteiger partial charge in [-0.2, -0.15) is 0 Å². The second kappa shape index (κ2) is 30.2. The molecule has 0 N–H and O–H groups in total. The molecule has 0 saturated heterocycles. The molecule has 0 spiro atoms. The van der Waals surface area contributed by atoms with Crippen molar-refractivity contribution in [2.45, 2.75) is 75.7 Å². The van der Waals surface area contributed by atoms with Crippen LogP contribution in [0.15, 0.2) is 41.1 Å². The van der Waals surface area contributed by atoms with Crippen molar-refractivity contribution in [3.05, 3.63) is 36.1 Å². The van der Waals surface area contributed by atoms with E-state index in [2.05, 4.69) is 24.1 Å². The Morgan fingerprint density at radius 2 is 1.37 bits per heavy atom. The lowest BCUT2D eigenvalue weighted by molar-refractivity contribution is 1.21. The average molecular weight is 268 g/mol.